The normalized spacial score (nSPS) is 11.6. The first-order chi connectivity index (χ1) is 7.70. The highest BCUT2D eigenvalue weighted by Crippen LogP contribution is 2.04. The first-order valence-electron chi connectivity index (χ1n) is 6.62. The van der Waals surface area contributed by atoms with Crippen molar-refractivity contribution in [1.82, 2.24) is 4.90 Å². The van der Waals surface area contributed by atoms with Crippen molar-refractivity contribution in [2.75, 3.05) is 39.9 Å². The molecule has 0 aliphatic heterocycles. The minimum Gasteiger partial charge on any atom is -0.383 e. The minimum atomic E-state index is 0.737. The van der Waals surface area contributed by atoms with Gasteiger partial charge in [-0.3, -0.25) is 0 Å². The van der Waals surface area contributed by atoms with E-state index in [0.29, 0.717) is 0 Å². The third-order valence-electron chi connectivity index (χ3n) is 2.66. The van der Waals surface area contributed by atoms with Crippen LogP contribution in [0.15, 0.2) is 0 Å². The molecule has 0 atom stereocenters. The summed E-state index contributed by atoms with van der Waals surface area (Å²) in [5.41, 5.74) is 5.48. The Balaban J connectivity index is 3.56. The smallest absolute Gasteiger partial charge is 0.0589 e. The van der Waals surface area contributed by atoms with Crippen molar-refractivity contribution in [2.45, 2.75) is 39.5 Å². The Morgan fingerprint density at radius 2 is 1.75 bits per heavy atom. The van der Waals surface area contributed by atoms with Gasteiger partial charge in [0, 0.05) is 20.2 Å². The van der Waals surface area contributed by atoms with Gasteiger partial charge >= 0.3 is 0 Å². The molecule has 16 heavy (non-hydrogen) atoms. The largest absolute Gasteiger partial charge is 0.383 e. The molecule has 0 heterocycles. The highest BCUT2D eigenvalue weighted by molar-refractivity contribution is 4.60. The Labute approximate surface area is 101 Å². The van der Waals surface area contributed by atoms with Crippen LogP contribution in [0.4, 0.5) is 0 Å². The van der Waals surface area contributed by atoms with E-state index in [4.69, 9.17) is 10.5 Å². The molecule has 3 nitrogen and oxygen atoms in total. The van der Waals surface area contributed by atoms with E-state index in [2.05, 4.69) is 18.7 Å². The third-order valence-corrected chi connectivity index (χ3v) is 2.66. The molecule has 0 spiro atoms. The molecule has 0 aromatic rings. The lowest BCUT2D eigenvalue weighted by molar-refractivity contribution is 0.138. The van der Waals surface area contributed by atoms with Gasteiger partial charge in [-0.15, -0.1) is 0 Å². The van der Waals surface area contributed by atoms with Crippen LogP contribution in [0.1, 0.15) is 39.5 Å². The van der Waals surface area contributed by atoms with E-state index in [9.17, 15) is 0 Å². The van der Waals surface area contributed by atoms with Crippen LogP contribution in [0.3, 0.4) is 0 Å². The fourth-order valence-corrected chi connectivity index (χ4v) is 1.86. The van der Waals surface area contributed by atoms with Crippen LogP contribution in [0.2, 0.25) is 0 Å². The predicted octanol–water partition coefficient (Wildman–Crippen LogP) is 2.11. The van der Waals surface area contributed by atoms with Crippen molar-refractivity contribution in [1.29, 1.82) is 0 Å². The summed E-state index contributed by atoms with van der Waals surface area (Å²) in [7, 11) is 1.77. The van der Waals surface area contributed by atoms with Crippen molar-refractivity contribution in [3.63, 3.8) is 0 Å². The second-order valence-corrected chi connectivity index (χ2v) is 4.89. The monoisotopic (exact) mass is 230 g/mol. The summed E-state index contributed by atoms with van der Waals surface area (Å²) < 4.78 is 5.14. The van der Waals surface area contributed by atoms with Crippen LogP contribution in [-0.2, 0) is 4.74 Å². The van der Waals surface area contributed by atoms with Crippen LogP contribution in [0, 0.1) is 5.92 Å². The van der Waals surface area contributed by atoms with Gasteiger partial charge in [0.2, 0.25) is 0 Å². The molecule has 0 fully saturated rings. The summed E-state index contributed by atoms with van der Waals surface area (Å²) in [6.45, 7) is 9.66. The first-order valence-corrected chi connectivity index (χ1v) is 6.62. The van der Waals surface area contributed by atoms with Crippen LogP contribution in [0.5, 0.6) is 0 Å². The van der Waals surface area contributed by atoms with Crippen LogP contribution in [0.25, 0.3) is 0 Å². The first kappa shape index (κ1) is 15.9. The molecule has 0 aliphatic rings. The molecule has 0 saturated carbocycles. The van der Waals surface area contributed by atoms with Crippen molar-refractivity contribution in [3.05, 3.63) is 0 Å². The predicted molar refractivity (Wildman–Crippen MR) is 70.7 cm³/mol. The summed E-state index contributed by atoms with van der Waals surface area (Å²) in [6, 6.07) is 0. The van der Waals surface area contributed by atoms with Crippen LogP contribution in [-0.4, -0.2) is 44.8 Å². The second-order valence-electron chi connectivity index (χ2n) is 4.89. The molecule has 0 radical (unpaired) electrons. The van der Waals surface area contributed by atoms with Gasteiger partial charge in [0.15, 0.2) is 0 Å². The topological polar surface area (TPSA) is 38.5 Å². The number of rotatable bonds is 11. The molecule has 98 valence electrons. The number of hydrogen-bond acceptors (Lipinski definition) is 3. The molecule has 0 rings (SSSR count). The maximum absolute atomic E-state index is 5.48. The van der Waals surface area contributed by atoms with Gasteiger partial charge in [0.25, 0.3) is 0 Å². The van der Waals surface area contributed by atoms with E-state index in [1.165, 1.54) is 38.8 Å². The molecule has 0 aromatic heterocycles. The number of unbranched alkanes of at least 4 members (excludes halogenated alkanes) is 3. The fraction of sp³-hybridized carbons (Fsp3) is 1.00. The lowest BCUT2D eigenvalue weighted by Crippen LogP contribution is -2.32. The molecule has 0 unspecified atom stereocenters. The summed E-state index contributed by atoms with van der Waals surface area (Å²) >= 11 is 0. The standard InChI is InChI=1S/C13H30N2O/c1-13(2)12-15(10-11-16-3)9-7-5-4-6-8-14/h13H,4-12,14H2,1-3H3. The molecular formula is C13H30N2O. The van der Waals surface area contributed by atoms with Crippen LogP contribution < -0.4 is 5.73 Å². The van der Waals surface area contributed by atoms with E-state index < -0.39 is 0 Å². The quantitative estimate of drug-likeness (QED) is 0.553. The lowest BCUT2D eigenvalue weighted by Gasteiger charge is -2.23. The molecular weight excluding hydrogens is 200 g/mol. The van der Waals surface area contributed by atoms with Crippen LogP contribution >= 0.6 is 0 Å². The van der Waals surface area contributed by atoms with E-state index in [1.54, 1.807) is 7.11 Å². The summed E-state index contributed by atoms with van der Waals surface area (Å²) in [4.78, 5) is 2.51. The zero-order chi connectivity index (χ0) is 12.2. The molecule has 0 aliphatic carbocycles. The van der Waals surface area contributed by atoms with Gasteiger partial charge < -0.3 is 15.4 Å². The van der Waals surface area contributed by atoms with Gasteiger partial charge in [0.05, 0.1) is 6.61 Å². The highest BCUT2D eigenvalue weighted by atomic mass is 16.5. The van der Waals surface area contributed by atoms with Gasteiger partial charge in [-0.25, -0.2) is 0 Å². The summed E-state index contributed by atoms with van der Waals surface area (Å²) in [6.07, 6.45) is 5.04. The Morgan fingerprint density at radius 3 is 2.31 bits per heavy atom. The lowest BCUT2D eigenvalue weighted by atomic mass is 10.1. The third kappa shape index (κ3) is 10.4. The maximum Gasteiger partial charge on any atom is 0.0589 e. The van der Waals surface area contributed by atoms with Gasteiger partial charge in [-0.05, 0) is 31.8 Å². The van der Waals surface area contributed by atoms with Crippen molar-refractivity contribution >= 4 is 0 Å². The van der Waals surface area contributed by atoms with Gasteiger partial charge in [0.1, 0.15) is 0 Å². The fourth-order valence-electron chi connectivity index (χ4n) is 1.86. The number of nitrogens with two attached hydrogens (primary N) is 1. The Hall–Kier alpha value is -0.120. The SMILES string of the molecule is COCCN(CCCCCCN)CC(C)C. The maximum atomic E-state index is 5.48. The van der Waals surface area contributed by atoms with Gasteiger partial charge in [-0.1, -0.05) is 26.7 Å². The number of nitrogens with zero attached hydrogens (tertiary/aromatic N) is 1. The Morgan fingerprint density at radius 1 is 1.06 bits per heavy atom. The second kappa shape index (κ2) is 11.4. The molecule has 2 N–H and O–H groups in total. The molecule has 0 amide bonds. The Kier molecular flexibility index (Phi) is 11.3. The van der Waals surface area contributed by atoms with E-state index >= 15 is 0 Å². The minimum absolute atomic E-state index is 0.737. The summed E-state index contributed by atoms with van der Waals surface area (Å²) in [5, 5.41) is 0. The van der Waals surface area contributed by atoms with Crippen molar-refractivity contribution in [2.24, 2.45) is 11.7 Å². The molecule has 3 heteroatoms. The molecule has 0 aromatic carbocycles. The highest BCUT2D eigenvalue weighted by Gasteiger charge is 2.06. The van der Waals surface area contributed by atoms with Crippen molar-refractivity contribution < 1.29 is 4.74 Å². The van der Waals surface area contributed by atoms with E-state index in [0.717, 1.165) is 25.6 Å². The average molecular weight is 230 g/mol. The number of ether oxygens (including phenoxy) is 1. The van der Waals surface area contributed by atoms with E-state index in [-0.39, 0.29) is 0 Å². The average Bonchev–Trinajstić information content (AvgIpc) is 2.24. The molecule has 0 saturated heterocycles. The van der Waals surface area contributed by atoms with Crippen molar-refractivity contribution in [3.8, 4) is 0 Å². The Bertz CT molecular complexity index is 140. The van der Waals surface area contributed by atoms with Gasteiger partial charge in [-0.2, -0.15) is 0 Å². The van der Waals surface area contributed by atoms with E-state index in [1.807, 2.05) is 0 Å². The number of hydrogen-bond donors (Lipinski definition) is 1. The summed E-state index contributed by atoms with van der Waals surface area (Å²) in [5.74, 6) is 0.737. The zero-order valence-corrected chi connectivity index (χ0v) is 11.4. The molecule has 0 bridgehead atoms. The number of methoxy groups -OCH3 is 1. The zero-order valence-electron chi connectivity index (χ0n) is 11.4.